The van der Waals surface area contributed by atoms with E-state index in [-0.39, 0.29) is 66.6 Å². The van der Waals surface area contributed by atoms with Gasteiger partial charge >= 0.3 is 0 Å². The largest absolute Gasteiger partial charge is 0.374 e. The minimum absolute atomic E-state index is 0. The van der Waals surface area contributed by atoms with E-state index >= 15 is 0 Å². The molecule has 0 amide bonds. The number of imidazole rings is 1. The molecule has 0 aliphatic heterocycles. The summed E-state index contributed by atoms with van der Waals surface area (Å²) in [6.07, 6.45) is 3.67. The number of para-hydroxylation sites is 3. The third-order valence-electron chi connectivity index (χ3n) is 8.21. The monoisotopic (exact) mass is 923 g/mol. The van der Waals surface area contributed by atoms with Crippen LogP contribution in [0.4, 0.5) is 0 Å². The van der Waals surface area contributed by atoms with Crippen molar-refractivity contribution < 1.29 is 52.8 Å². The van der Waals surface area contributed by atoms with Crippen LogP contribution in [0.15, 0.2) is 152 Å². The summed E-state index contributed by atoms with van der Waals surface area (Å²) >= 11 is 0. The summed E-state index contributed by atoms with van der Waals surface area (Å²) in [5.41, 5.74) is 11.2. The van der Waals surface area contributed by atoms with Crippen LogP contribution in [0.5, 0.6) is 0 Å². The van der Waals surface area contributed by atoms with Gasteiger partial charge in [-0.05, 0) is 65.0 Å². The smallest absolute Gasteiger partial charge is 0.0668 e. The Hall–Kier alpha value is -4.31. The molecule has 4 nitrogen and oxygen atoms in total. The first kappa shape index (κ1) is 40.5. The number of nitrogens with zero attached hydrogens (tertiary/aromatic N) is 4. The molecule has 52 heavy (non-hydrogen) atoms. The fourth-order valence-electron chi connectivity index (χ4n) is 5.61. The number of pyridine rings is 2. The predicted octanol–water partition coefficient (Wildman–Crippen LogP) is 10.3. The number of hydrogen-bond acceptors (Lipinski definition) is 3. The van der Waals surface area contributed by atoms with Gasteiger partial charge in [0.15, 0.2) is 0 Å². The van der Waals surface area contributed by atoms with Crippen molar-refractivity contribution in [1.82, 2.24) is 19.5 Å². The topological polar surface area (TPSA) is 43.6 Å². The molecule has 0 N–H and O–H groups in total. The van der Waals surface area contributed by atoms with Crippen molar-refractivity contribution in [2.75, 3.05) is 0 Å². The molecule has 3 aromatic heterocycles. The van der Waals surface area contributed by atoms with Crippen molar-refractivity contribution >= 4 is 19.4 Å². The van der Waals surface area contributed by atoms with Crippen LogP contribution in [0.25, 0.3) is 61.8 Å². The average molecular weight is 923 g/mol. The van der Waals surface area contributed by atoms with E-state index in [1.807, 2.05) is 103 Å². The second-order valence-corrected chi connectivity index (χ2v) is 12.6. The van der Waals surface area contributed by atoms with Crippen LogP contribution in [0.1, 0.15) is 26.3 Å². The van der Waals surface area contributed by atoms with Gasteiger partial charge in [-0.3, -0.25) is 28.2 Å². The predicted molar refractivity (Wildman–Crippen MR) is 205 cm³/mol. The standard InChI is InChI=1S/C30H18N3.C15H16N.B.Ir.Y/c1-2-11-26(12-3-1)33-29-15-5-4-14-28(29)32-30(33)25-10-8-9-24(21-25)22-16-18-23(19-17-22)27-13-6-7-20-31-27;1-15(2,3)13-9-10-16-14(11-13)12-7-5-4-6-8-12;;;/h1-9,11-16,18-20H;4-7,9-11H,1-3H3;;;/q-3;-1;;;. The van der Waals surface area contributed by atoms with E-state index in [4.69, 9.17) is 4.98 Å². The molecule has 0 atom stereocenters. The molecule has 5 aromatic carbocycles. The van der Waals surface area contributed by atoms with E-state index in [2.05, 4.69) is 102 Å². The third-order valence-corrected chi connectivity index (χ3v) is 8.21. The molecule has 8 aromatic rings. The molecule has 8 rings (SSSR count). The number of hydrogen-bond donors (Lipinski definition) is 0. The zero-order valence-electron chi connectivity index (χ0n) is 29.2. The molecular formula is C45H34BIrN4Y-4. The quantitative estimate of drug-likeness (QED) is 0.128. The summed E-state index contributed by atoms with van der Waals surface area (Å²) in [5, 5.41) is 0. The molecule has 0 bridgehead atoms. The van der Waals surface area contributed by atoms with Crippen molar-refractivity contribution in [3.63, 3.8) is 0 Å². The zero-order chi connectivity index (χ0) is 33.6. The van der Waals surface area contributed by atoms with Crippen molar-refractivity contribution in [3.8, 4) is 50.7 Å². The molecule has 7 heteroatoms. The summed E-state index contributed by atoms with van der Waals surface area (Å²) in [5.74, 6) is 0.814. The molecule has 253 valence electrons. The summed E-state index contributed by atoms with van der Waals surface area (Å²) in [6, 6.07) is 60.0. The number of fused-ring (bicyclic) bond motifs is 1. The molecule has 0 aliphatic rings. The first-order valence-corrected chi connectivity index (χ1v) is 16.3. The molecule has 0 saturated heterocycles. The van der Waals surface area contributed by atoms with Crippen molar-refractivity contribution in [3.05, 3.63) is 182 Å². The van der Waals surface area contributed by atoms with Crippen LogP contribution < -0.4 is 0 Å². The van der Waals surface area contributed by atoms with E-state index in [1.54, 1.807) is 6.20 Å². The zero-order valence-corrected chi connectivity index (χ0v) is 34.4. The maximum absolute atomic E-state index is 4.93. The SMILES string of the molecule is CC(C)(C)c1ccnc(-c2[c-]cccc2)c1.[B].[Ir].[Y].[c-]1ccc(-c2[c-]cc(-c3ccccn3)cc2)[c-]c1-c1nc2ccccc2n1-c1ccccc1. The summed E-state index contributed by atoms with van der Waals surface area (Å²) < 4.78 is 2.16. The van der Waals surface area contributed by atoms with Gasteiger partial charge in [0.1, 0.15) is 0 Å². The molecule has 0 aliphatic carbocycles. The fourth-order valence-corrected chi connectivity index (χ4v) is 5.61. The first-order chi connectivity index (χ1) is 23.9. The Kier molecular flexibility index (Phi) is 14.4. The third kappa shape index (κ3) is 9.37. The van der Waals surface area contributed by atoms with Crippen molar-refractivity contribution in [2.45, 2.75) is 26.2 Å². The maximum Gasteiger partial charge on any atom is 0.0668 e. The Morgan fingerprint density at radius 2 is 1.37 bits per heavy atom. The summed E-state index contributed by atoms with van der Waals surface area (Å²) in [7, 11) is 0. The molecule has 0 spiro atoms. The maximum atomic E-state index is 4.93. The number of rotatable bonds is 5. The van der Waals surface area contributed by atoms with Crippen molar-refractivity contribution in [1.29, 1.82) is 0 Å². The first-order valence-electron chi connectivity index (χ1n) is 16.3. The van der Waals surface area contributed by atoms with Crippen LogP contribution >= 0.6 is 0 Å². The second kappa shape index (κ2) is 18.4. The number of aromatic nitrogens is 4. The molecular weight excluding hydrogens is 888 g/mol. The van der Waals surface area contributed by atoms with Gasteiger partial charge in [-0.15, -0.1) is 60.2 Å². The fraction of sp³-hybridized carbons (Fsp3) is 0.0889. The minimum Gasteiger partial charge on any atom is -0.374 e. The van der Waals surface area contributed by atoms with E-state index in [1.165, 1.54) is 5.56 Å². The van der Waals surface area contributed by atoms with Crippen LogP contribution in [0.2, 0.25) is 0 Å². The molecule has 0 unspecified atom stereocenters. The van der Waals surface area contributed by atoms with E-state index in [9.17, 15) is 0 Å². The van der Waals surface area contributed by atoms with Crippen LogP contribution in [0, 0.1) is 24.3 Å². The Bertz CT molecular complexity index is 2310. The Morgan fingerprint density at radius 1 is 0.615 bits per heavy atom. The minimum atomic E-state index is 0. The van der Waals surface area contributed by atoms with Crippen LogP contribution in [-0.4, -0.2) is 27.9 Å². The van der Waals surface area contributed by atoms with Gasteiger partial charge in [0.2, 0.25) is 0 Å². The van der Waals surface area contributed by atoms with Gasteiger partial charge in [-0.1, -0.05) is 68.8 Å². The normalized spacial score (nSPS) is 10.5. The Labute approximate surface area is 347 Å². The van der Waals surface area contributed by atoms with E-state index in [0.717, 1.165) is 61.8 Å². The van der Waals surface area contributed by atoms with Crippen LogP contribution in [0.3, 0.4) is 0 Å². The van der Waals surface area contributed by atoms with Gasteiger partial charge in [0, 0.05) is 85.0 Å². The van der Waals surface area contributed by atoms with Gasteiger partial charge in [-0.25, -0.2) is 6.07 Å². The van der Waals surface area contributed by atoms with Gasteiger partial charge in [0.05, 0.1) is 11.0 Å². The summed E-state index contributed by atoms with van der Waals surface area (Å²) in [4.78, 5) is 13.7. The van der Waals surface area contributed by atoms with E-state index < -0.39 is 0 Å². The van der Waals surface area contributed by atoms with Gasteiger partial charge in [0.25, 0.3) is 0 Å². The average Bonchev–Trinajstić information content (AvgIpc) is 3.56. The van der Waals surface area contributed by atoms with Crippen LogP contribution in [-0.2, 0) is 58.2 Å². The van der Waals surface area contributed by atoms with Gasteiger partial charge < -0.3 is 20.6 Å². The molecule has 3 heterocycles. The number of benzene rings is 5. The van der Waals surface area contributed by atoms with Gasteiger partial charge in [-0.2, -0.15) is 5.56 Å². The molecule has 5 radical (unpaired) electrons. The molecule has 0 fully saturated rings. The molecule has 0 saturated carbocycles. The summed E-state index contributed by atoms with van der Waals surface area (Å²) in [6.45, 7) is 6.63. The Morgan fingerprint density at radius 3 is 2.08 bits per heavy atom. The van der Waals surface area contributed by atoms with E-state index in [0.29, 0.717) is 0 Å². The second-order valence-electron chi connectivity index (χ2n) is 12.6. The van der Waals surface area contributed by atoms with Crippen molar-refractivity contribution in [2.24, 2.45) is 0 Å². The Balaban J connectivity index is 0.000000272.